The highest BCUT2D eigenvalue weighted by Gasteiger charge is 2.37. The van der Waals surface area contributed by atoms with E-state index >= 15 is 0 Å². The third kappa shape index (κ3) is 7.92. The molecule has 0 saturated carbocycles. The fourth-order valence-corrected chi connectivity index (χ4v) is 5.14. The van der Waals surface area contributed by atoms with Crippen LogP contribution in [0.4, 0.5) is 5.69 Å². The highest BCUT2D eigenvalue weighted by molar-refractivity contribution is 6.09. The van der Waals surface area contributed by atoms with Gasteiger partial charge >= 0.3 is 0 Å². The fourth-order valence-electron chi connectivity index (χ4n) is 5.14. The van der Waals surface area contributed by atoms with Gasteiger partial charge in [-0.25, -0.2) is 0 Å². The number of carbonyl (C=O) groups excluding carboxylic acids is 2. The number of anilines is 1. The summed E-state index contributed by atoms with van der Waals surface area (Å²) in [6.07, 6.45) is 23.3. The number of fused-ring (bicyclic) bond motifs is 3. The molecular formula is C35H46N2O2. The summed E-state index contributed by atoms with van der Waals surface area (Å²) >= 11 is 0. The Bertz CT molecular complexity index is 1220. The molecule has 0 aromatic heterocycles. The van der Waals surface area contributed by atoms with Crippen LogP contribution in [0.2, 0.25) is 0 Å². The molecule has 2 N–H and O–H groups in total. The zero-order chi connectivity index (χ0) is 29.0. The van der Waals surface area contributed by atoms with E-state index in [0.717, 1.165) is 59.9 Å². The third-order valence-electron chi connectivity index (χ3n) is 7.22. The van der Waals surface area contributed by atoms with Crippen molar-refractivity contribution in [3.05, 3.63) is 113 Å². The molecule has 3 rings (SSSR count). The first kappa shape index (κ1) is 31.6. The molecule has 0 saturated heterocycles. The summed E-state index contributed by atoms with van der Waals surface area (Å²) in [6, 6.07) is 1.76. The molecule has 39 heavy (non-hydrogen) atoms. The van der Waals surface area contributed by atoms with Gasteiger partial charge in [0.15, 0.2) is 0 Å². The maximum absolute atomic E-state index is 13.5. The second-order valence-electron chi connectivity index (χ2n) is 10.3. The number of hydrogen-bond acceptors (Lipinski definition) is 2. The van der Waals surface area contributed by atoms with Crippen molar-refractivity contribution in [2.45, 2.75) is 79.7 Å². The molecule has 2 aliphatic rings. The number of carbonyl (C=O) groups is 2. The number of benzene rings is 1. The topological polar surface area (TPSA) is 58.2 Å². The van der Waals surface area contributed by atoms with Crippen LogP contribution >= 0.6 is 0 Å². The first-order chi connectivity index (χ1) is 18.8. The number of aryl methyl sites for hydroxylation is 1. The van der Waals surface area contributed by atoms with Gasteiger partial charge in [0.25, 0.3) is 11.8 Å². The molecular weight excluding hydrogens is 480 g/mol. The van der Waals surface area contributed by atoms with Crippen LogP contribution in [0.5, 0.6) is 0 Å². The largest absolute Gasteiger partial charge is 0.341 e. The fraction of sp³-hybridized carbons (Fsp3) is 0.371. The van der Waals surface area contributed by atoms with E-state index in [1.54, 1.807) is 24.3 Å². The molecule has 1 aliphatic carbocycles. The summed E-state index contributed by atoms with van der Waals surface area (Å²) in [5, 5.41) is 6.34. The molecule has 2 amide bonds. The third-order valence-corrected chi connectivity index (χ3v) is 7.22. The number of amides is 2. The van der Waals surface area contributed by atoms with Gasteiger partial charge in [0, 0.05) is 16.8 Å². The average Bonchev–Trinajstić information content (AvgIpc) is 3.26. The smallest absolute Gasteiger partial charge is 0.255 e. The summed E-state index contributed by atoms with van der Waals surface area (Å²) in [5.41, 5.74) is 6.18. The normalized spacial score (nSPS) is 19.0. The zero-order valence-electron chi connectivity index (χ0n) is 24.7. The van der Waals surface area contributed by atoms with Crippen LogP contribution in [0.25, 0.3) is 0 Å². The molecule has 4 heteroatoms. The Morgan fingerprint density at radius 3 is 2.46 bits per heavy atom. The summed E-state index contributed by atoms with van der Waals surface area (Å²) in [5.74, 6) is -0.333. The predicted molar refractivity (Wildman–Crippen MR) is 167 cm³/mol. The lowest BCUT2D eigenvalue weighted by Crippen LogP contribution is -2.21. The van der Waals surface area contributed by atoms with Crippen molar-refractivity contribution in [2.75, 3.05) is 5.32 Å². The monoisotopic (exact) mass is 526 g/mol. The predicted octanol–water partition coefficient (Wildman–Crippen LogP) is 8.66. The maximum atomic E-state index is 13.5. The van der Waals surface area contributed by atoms with Crippen molar-refractivity contribution in [1.82, 2.24) is 5.32 Å². The van der Waals surface area contributed by atoms with Gasteiger partial charge in [-0.3, -0.25) is 9.59 Å². The number of nitrogens with one attached hydrogen (secondary N) is 2. The quantitative estimate of drug-likeness (QED) is 0.263. The Kier molecular flexibility index (Phi) is 12.2. The van der Waals surface area contributed by atoms with Crippen molar-refractivity contribution in [3.63, 3.8) is 0 Å². The van der Waals surface area contributed by atoms with Gasteiger partial charge in [-0.2, -0.15) is 0 Å². The van der Waals surface area contributed by atoms with Crippen LogP contribution in [0.3, 0.4) is 0 Å². The molecule has 1 atom stereocenters. The minimum atomic E-state index is -0.343. The summed E-state index contributed by atoms with van der Waals surface area (Å²) in [6.45, 7) is 20.0. The Labute approximate surface area is 236 Å². The molecule has 0 fully saturated rings. The van der Waals surface area contributed by atoms with E-state index in [1.165, 1.54) is 6.08 Å². The van der Waals surface area contributed by atoms with E-state index in [9.17, 15) is 9.59 Å². The average molecular weight is 527 g/mol. The molecule has 208 valence electrons. The molecule has 0 radical (unpaired) electrons. The van der Waals surface area contributed by atoms with E-state index in [2.05, 4.69) is 43.7 Å². The van der Waals surface area contributed by atoms with Crippen molar-refractivity contribution in [3.8, 4) is 0 Å². The Hall–Kier alpha value is -3.66. The summed E-state index contributed by atoms with van der Waals surface area (Å²) in [7, 11) is 0. The van der Waals surface area contributed by atoms with Crippen molar-refractivity contribution in [2.24, 2.45) is 5.41 Å². The summed E-state index contributed by atoms with van der Waals surface area (Å²) in [4.78, 5) is 26.8. The second-order valence-corrected chi connectivity index (χ2v) is 10.3. The van der Waals surface area contributed by atoms with Gasteiger partial charge in [-0.15, -0.1) is 0 Å². The number of allylic oxidation sites excluding steroid dienone is 8. The lowest BCUT2D eigenvalue weighted by atomic mass is 9.76. The van der Waals surface area contributed by atoms with Crippen LogP contribution in [-0.4, -0.2) is 11.8 Å². The van der Waals surface area contributed by atoms with Gasteiger partial charge in [0.1, 0.15) is 0 Å². The van der Waals surface area contributed by atoms with Gasteiger partial charge in [0.05, 0.1) is 11.6 Å². The zero-order valence-corrected chi connectivity index (χ0v) is 24.7. The van der Waals surface area contributed by atoms with Crippen LogP contribution < -0.4 is 10.6 Å². The SMILES string of the molecule is C=C/C=C\C=C(/C=C)C(=O)Nc1cc2c(c3c1C(C(/C=C\C=C/C)=C/C)NC3=O)CCC(C)(C)CCC2.CC. The molecule has 1 unspecified atom stereocenters. The van der Waals surface area contributed by atoms with Crippen molar-refractivity contribution < 1.29 is 9.59 Å². The van der Waals surface area contributed by atoms with Crippen LogP contribution in [0, 0.1) is 5.41 Å². The first-order valence-corrected chi connectivity index (χ1v) is 14.1. The highest BCUT2D eigenvalue weighted by atomic mass is 16.2. The molecule has 4 nitrogen and oxygen atoms in total. The van der Waals surface area contributed by atoms with Crippen LogP contribution in [-0.2, 0) is 17.6 Å². The van der Waals surface area contributed by atoms with Gasteiger partial charge in [-0.1, -0.05) is 95.5 Å². The van der Waals surface area contributed by atoms with Gasteiger partial charge in [0.2, 0.25) is 0 Å². The van der Waals surface area contributed by atoms with Gasteiger partial charge < -0.3 is 10.6 Å². The lowest BCUT2D eigenvalue weighted by Gasteiger charge is -2.29. The molecule has 0 spiro atoms. The van der Waals surface area contributed by atoms with Crippen LogP contribution in [0.15, 0.2) is 91.1 Å². The first-order valence-electron chi connectivity index (χ1n) is 14.1. The lowest BCUT2D eigenvalue weighted by molar-refractivity contribution is -0.112. The number of hydrogen-bond donors (Lipinski definition) is 2. The molecule has 1 aliphatic heterocycles. The van der Waals surface area contributed by atoms with E-state index in [0.29, 0.717) is 11.3 Å². The van der Waals surface area contributed by atoms with E-state index in [-0.39, 0.29) is 23.3 Å². The van der Waals surface area contributed by atoms with Crippen molar-refractivity contribution >= 4 is 17.5 Å². The highest BCUT2D eigenvalue weighted by Crippen LogP contribution is 2.43. The van der Waals surface area contributed by atoms with Gasteiger partial charge in [-0.05, 0) is 80.2 Å². The van der Waals surface area contributed by atoms with E-state index in [4.69, 9.17) is 0 Å². The second kappa shape index (κ2) is 15.1. The Morgan fingerprint density at radius 2 is 1.82 bits per heavy atom. The Morgan fingerprint density at radius 1 is 1.08 bits per heavy atom. The minimum Gasteiger partial charge on any atom is -0.341 e. The molecule has 1 aromatic carbocycles. The van der Waals surface area contributed by atoms with Crippen molar-refractivity contribution in [1.29, 1.82) is 0 Å². The molecule has 1 heterocycles. The van der Waals surface area contributed by atoms with E-state index in [1.807, 2.05) is 58.1 Å². The van der Waals surface area contributed by atoms with Crippen LogP contribution in [0.1, 0.15) is 93.9 Å². The van der Waals surface area contributed by atoms with E-state index < -0.39 is 0 Å². The molecule has 0 bridgehead atoms. The number of rotatable bonds is 8. The standard InChI is InChI=1S/C33H40N2O2.C2H6/c1-7-11-13-16-23(9-3)30-29-27(34-31(36)24(10-4)17-14-12-8-2)22-25-18-15-20-33(5,6)21-19-26(25)28(29)32(37)35-30;1-2/h7-14,16-17,22,30H,2,4,15,18-21H2,1,3,5-6H3,(H,34,36)(H,35,37);1-2H3/b11-7-,14-12-,16-13-,23-9+,24-17+;. The maximum Gasteiger partial charge on any atom is 0.255 e. The minimum absolute atomic E-state index is 0.0714. The summed E-state index contributed by atoms with van der Waals surface area (Å²) < 4.78 is 0. The molecule has 1 aromatic rings. The Balaban J connectivity index is 0.00000260.